The molecule has 0 unspecified atom stereocenters. The molecule has 1 aliphatic rings. The smallest absolute Gasteiger partial charge is 0.284 e. The number of hydrogen-bond donors (Lipinski definition) is 0. The van der Waals surface area contributed by atoms with Crippen molar-refractivity contribution in [1.82, 2.24) is 4.90 Å². The molecule has 2 aromatic rings. The van der Waals surface area contributed by atoms with Crippen LogP contribution in [-0.4, -0.2) is 30.9 Å². The minimum absolute atomic E-state index is 0.117. The van der Waals surface area contributed by atoms with Crippen molar-refractivity contribution in [2.24, 2.45) is 4.40 Å². The van der Waals surface area contributed by atoms with Crippen LogP contribution in [0.1, 0.15) is 25.0 Å². The standard InChI is InChI=1S/C20H19BrN2O3S2/c1-3-14-7-11-17(12-8-14)28(25,26)22-20-23(4-2)19(24)18(27-20)13-15-5-9-16(21)10-6-15/h5-13H,3-4H2,1-2H3. The van der Waals surface area contributed by atoms with Gasteiger partial charge in [0.1, 0.15) is 0 Å². The van der Waals surface area contributed by atoms with Crippen LogP contribution < -0.4 is 0 Å². The first-order valence-electron chi connectivity index (χ1n) is 8.75. The van der Waals surface area contributed by atoms with Gasteiger partial charge in [0.05, 0.1) is 9.80 Å². The van der Waals surface area contributed by atoms with Gasteiger partial charge in [0.2, 0.25) is 0 Å². The van der Waals surface area contributed by atoms with Crippen LogP contribution in [0, 0.1) is 0 Å². The van der Waals surface area contributed by atoms with Crippen molar-refractivity contribution < 1.29 is 13.2 Å². The molecule has 0 saturated carbocycles. The van der Waals surface area contributed by atoms with Crippen molar-refractivity contribution in [3.63, 3.8) is 0 Å². The van der Waals surface area contributed by atoms with Crippen LogP contribution >= 0.6 is 27.7 Å². The topological polar surface area (TPSA) is 66.8 Å². The molecule has 146 valence electrons. The van der Waals surface area contributed by atoms with Gasteiger partial charge in [-0.05, 0) is 66.6 Å². The predicted molar refractivity (Wildman–Crippen MR) is 118 cm³/mol. The Balaban J connectivity index is 1.93. The van der Waals surface area contributed by atoms with Gasteiger partial charge in [0.15, 0.2) is 5.17 Å². The van der Waals surface area contributed by atoms with Crippen LogP contribution in [0.3, 0.4) is 0 Å². The van der Waals surface area contributed by atoms with E-state index in [1.165, 1.54) is 4.90 Å². The molecule has 1 saturated heterocycles. The van der Waals surface area contributed by atoms with Crippen molar-refractivity contribution in [2.45, 2.75) is 25.2 Å². The van der Waals surface area contributed by atoms with Crippen LogP contribution in [0.5, 0.6) is 0 Å². The number of thioether (sulfide) groups is 1. The lowest BCUT2D eigenvalue weighted by molar-refractivity contribution is -0.122. The Kier molecular flexibility index (Phi) is 6.42. The fraction of sp³-hybridized carbons (Fsp3) is 0.200. The number of amidine groups is 1. The van der Waals surface area contributed by atoms with E-state index in [4.69, 9.17) is 0 Å². The zero-order valence-corrected chi connectivity index (χ0v) is 18.6. The molecule has 1 amide bonds. The summed E-state index contributed by atoms with van der Waals surface area (Å²) in [5.74, 6) is -0.245. The third-order valence-electron chi connectivity index (χ3n) is 4.20. The quantitative estimate of drug-likeness (QED) is 0.584. The Labute approximate surface area is 177 Å². The Morgan fingerprint density at radius 1 is 1.07 bits per heavy atom. The van der Waals surface area contributed by atoms with Crippen LogP contribution in [0.2, 0.25) is 0 Å². The number of aryl methyl sites for hydroxylation is 1. The zero-order chi connectivity index (χ0) is 20.3. The number of carbonyl (C=O) groups excluding carboxylic acids is 1. The number of amides is 1. The van der Waals surface area contributed by atoms with Gasteiger partial charge in [-0.2, -0.15) is 8.42 Å². The number of likely N-dealkylation sites (N-methyl/N-ethyl adjacent to an activating group) is 1. The van der Waals surface area contributed by atoms with Gasteiger partial charge in [-0.25, -0.2) is 0 Å². The summed E-state index contributed by atoms with van der Waals surface area (Å²) >= 11 is 4.45. The molecule has 2 aromatic carbocycles. The number of halogens is 1. The van der Waals surface area contributed by atoms with Gasteiger partial charge < -0.3 is 0 Å². The Hall–Kier alpha value is -1.90. The summed E-state index contributed by atoms with van der Waals surface area (Å²) in [5, 5.41) is 0.176. The molecule has 0 N–H and O–H groups in total. The molecule has 5 nitrogen and oxygen atoms in total. The maximum atomic E-state index is 12.7. The third kappa shape index (κ3) is 4.56. The van der Waals surface area contributed by atoms with E-state index in [1.54, 1.807) is 37.3 Å². The summed E-state index contributed by atoms with van der Waals surface area (Å²) in [7, 11) is -3.90. The molecule has 1 aliphatic heterocycles. The van der Waals surface area contributed by atoms with E-state index in [0.29, 0.717) is 11.4 Å². The number of rotatable bonds is 5. The second kappa shape index (κ2) is 8.63. The van der Waals surface area contributed by atoms with Crippen molar-refractivity contribution in [2.75, 3.05) is 6.54 Å². The molecule has 3 rings (SSSR count). The maximum absolute atomic E-state index is 12.7. The molecular formula is C20H19BrN2O3S2. The number of hydrogen-bond acceptors (Lipinski definition) is 4. The van der Waals surface area contributed by atoms with E-state index in [0.717, 1.165) is 33.8 Å². The monoisotopic (exact) mass is 478 g/mol. The normalized spacial score (nSPS) is 17.7. The fourth-order valence-electron chi connectivity index (χ4n) is 2.62. The van der Waals surface area contributed by atoms with Crippen LogP contribution in [0.15, 0.2) is 67.2 Å². The molecule has 0 radical (unpaired) electrons. The van der Waals surface area contributed by atoms with Crippen molar-refractivity contribution in [1.29, 1.82) is 0 Å². The van der Waals surface area contributed by atoms with E-state index in [1.807, 2.05) is 31.2 Å². The lowest BCUT2D eigenvalue weighted by atomic mass is 10.2. The second-order valence-corrected chi connectivity index (χ2v) is 9.59. The minimum atomic E-state index is -3.90. The van der Waals surface area contributed by atoms with E-state index in [9.17, 15) is 13.2 Å². The molecule has 28 heavy (non-hydrogen) atoms. The first-order valence-corrected chi connectivity index (χ1v) is 11.8. The molecule has 0 spiro atoms. The minimum Gasteiger partial charge on any atom is -0.286 e. The van der Waals surface area contributed by atoms with E-state index in [2.05, 4.69) is 20.3 Å². The Morgan fingerprint density at radius 3 is 2.29 bits per heavy atom. The summed E-state index contributed by atoms with van der Waals surface area (Å²) in [6.07, 6.45) is 2.57. The van der Waals surface area contributed by atoms with Crippen LogP contribution in [-0.2, 0) is 21.2 Å². The summed E-state index contributed by atoms with van der Waals surface area (Å²) in [6.45, 7) is 4.13. The lowest BCUT2D eigenvalue weighted by Gasteiger charge is -2.12. The SMILES string of the molecule is CCc1ccc(S(=O)(=O)N=C2SC(=Cc3ccc(Br)cc3)C(=O)N2CC)cc1. The van der Waals surface area contributed by atoms with Gasteiger partial charge in [-0.3, -0.25) is 9.69 Å². The predicted octanol–water partition coefficient (Wildman–Crippen LogP) is 4.69. The van der Waals surface area contributed by atoms with Crippen molar-refractivity contribution in [3.05, 3.63) is 69.0 Å². The van der Waals surface area contributed by atoms with Crippen molar-refractivity contribution in [3.8, 4) is 0 Å². The number of benzene rings is 2. The molecular weight excluding hydrogens is 460 g/mol. The molecule has 1 fully saturated rings. The molecule has 0 atom stereocenters. The summed E-state index contributed by atoms with van der Waals surface area (Å²) < 4.78 is 30.3. The molecule has 0 aliphatic carbocycles. The van der Waals surface area contributed by atoms with Crippen LogP contribution in [0.25, 0.3) is 6.08 Å². The third-order valence-corrected chi connectivity index (χ3v) is 7.13. The first kappa shape index (κ1) is 20.8. The first-order chi connectivity index (χ1) is 13.3. The Bertz CT molecular complexity index is 1040. The highest BCUT2D eigenvalue weighted by Gasteiger charge is 2.34. The molecule has 0 aromatic heterocycles. The summed E-state index contributed by atoms with van der Waals surface area (Å²) in [4.78, 5) is 14.6. The van der Waals surface area contributed by atoms with Gasteiger partial charge in [0.25, 0.3) is 15.9 Å². The molecule has 8 heteroatoms. The number of nitrogens with zero attached hydrogens (tertiary/aromatic N) is 2. The highest BCUT2D eigenvalue weighted by atomic mass is 79.9. The summed E-state index contributed by atoms with van der Waals surface area (Å²) in [5.41, 5.74) is 1.90. The highest BCUT2D eigenvalue weighted by Crippen LogP contribution is 2.33. The van der Waals surface area contributed by atoms with Gasteiger partial charge >= 0.3 is 0 Å². The number of sulfonamides is 1. The van der Waals surface area contributed by atoms with Crippen LogP contribution in [0.4, 0.5) is 0 Å². The molecule has 0 bridgehead atoms. The Morgan fingerprint density at radius 2 is 1.71 bits per heavy atom. The largest absolute Gasteiger partial charge is 0.286 e. The zero-order valence-electron chi connectivity index (χ0n) is 15.4. The van der Waals surface area contributed by atoms with Gasteiger partial charge in [0, 0.05) is 11.0 Å². The summed E-state index contributed by atoms with van der Waals surface area (Å²) in [6, 6.07) is 14.2. The average molecular weight is 479 g/mol. The lowest BCUT2D eigenvalue weighted by Crippen LogP contribution is -2.29. The van der Waals surface area contributed by atoms with Crippen molar-refractivity contribution >= 4 is 54.9 Å². The fourth-order valence-corrected chi connectivity index (χ4v) is 5.13. The van der Waals surface area contributed by atoms with E-state index in [-0.39, 0.29) is 16.0 Å². The van der Waals surface area contributed by atoms with Gasteiger partial charge in [-0.1, -0.05) is 47.1 Å². The van der Waals surface area contributed by atoms with E-state index >= 15 is 0 Å². The second-order valence-electron chi connectivity index (χ2n) is 6.06. The highest BCUT2D eigenvalue weighted by molar-refractivity contribution is 9.10. The number of carbonyl (C=O) groups is 1. The average Bonchev–Trinajstić information content (AvgIpc) is 2.97. The molecule has 1 heterocycles. The van der Waals surface area contributed by atoms with E-state index < -0.39 is 10.0 Å². The van der Waals surface area contributed by atoms with Gasteiger partial charge in [-0.15, -0.1) is 4.40 Å². The maximum Gasteiger partial charge on any atom is 0.284 e.